The molecular weight excluding hydrogens is 295 g/mol. The first-order valence-corrected chi connectivity index (χ1v) is 7.26. The second-order valence-electron chi connectivity index (χ2n) is 5.21. The summed E-state index contributed by atoms with van der Waals surface area (Å²) in [5, 5.41) is 17.2. The van der Waals surface area contributed by atoms with Crippen LogP contribution >= 0.6 is 0 Å². The summed E-state index contributed by atoms with van der Waals surface area (Å²) >= 11 is 0. The molecular formula is C18H15FN2O2. The molecule has 2 aromatic carbocycles. The third-order valence-corrected chi connectivity index (χ3v) is 3.70. The molecule has 5 heteroatoms. The molecule has 2 N–H and O–H groups in total. The van der Waals surface area contributed by atoms with Crippen molar-refractivity contribution in [2.75, 3.05) is 0 Å². The number of hydrogen-bond acceptors (Lipinski definition) is 2. The Bertz CT molecular complexity index is 895. The number of benzene rings is 2. The highest BCUT2D eigenvalue weighted by Gasteiger charge is 2.10. The molecule has 0 atom stereocenters. The molecule has 0 aliphatic carbocycles. The minimum absolute atomic E-state index is 0.300. The zero-order valence-corrected chi connectivity index (χ0v) is 12.5. The maximum absolute atomic E-state index is 13.1. The van der Waals surface area contributed by atoms with E-state index in [1.54, 1.807) is 25.1 Å². The molecule has 4 nitrogen and oxygen atoms in total. The molecule has 1 heterocycles. The van der Waals surface area contributed by atoms with Crippen molar-refractivity contribution < 1.29 is 14.3 Å². The second-order valence-corrected chi connectivity index (χ2v) is 5.21. The minimum atomic E-state index is -0.918. The van der Waals surface area contributed by atoms with Crippen molar-refractivity contribution in [1.82, 2.24) is 10.2 Å². The number of fused-ring (bicyclic) bond motifs is 1. The molecule has 3 rings (SSSR count). The van der Waals surface area contributed by atoms with E-state index in [9.17, 15) is 9.18 Å². The average Bonchev–Trinajstić information content (AvgIpc) is 2.96. The predicted octanol–water partition coefficient (Wildman–Crippen LogP) is 4.25. The molecule has 0 aliphatic heterocycles. The lowest BCUT2D eigenvalue weighted by Gasteiger charge is -2.01. The zero-order valence-electron chi connectivity index (χ0n) is 12.5. The lowest BCUT2D eigenvalue weighted by Crippen LogP contribution is -1.98. The fourth-order valence-corrected chi connectivity index (χ4v) is 2.47. The number of aromatic amines is 1. The van der Waals surface area contributed by atoms with Crippen molar-refractivity contribution in [2.24, 2.45) is 0 Å². The number of nitrogens with zero attached hydrogens (tertiary/aromatic N) is 1. The van der Waals surface area contributed by atoms with Crippen molar-refractivity contribution in [2.45, 2.75) is 13.3 Å². The third-order valence-electron chi connectivity index (χ3n) is 3.70. The van der Waals surface area contributed by atoms with Crippen molar-refractivity contribution in [1.29, 1.82) is 0 Å². The van der Waals surface area contributed by atoms with Gasteiger partial charge in [0.15, 0.2) is 0 Å². The number of aliphatic carboxylic acids is 1. The Balaban J connectivity index is 2.10. The molecule has 0 saturated heterocycles. The van der Waals surface area contributed by atoms with Gasteiger partial charge in [-0.15, -0.1) is 0 Å². The van der Waals surface area contributed by atoms with Crippen LogP contribution in [-0.4, -0.2) is 21.3 Å². The SMILES string of the molecule is CCC(=Cc1ccc2[nH]nc(-c3ccc(F)cc3)c2c1)C(=O)O. The van der Waals surface area contributed by atoms with Crippen LogP contribution in [0.4, 0.5) is 4.39 Å². The van der Waals surface area contributed by atoms with Crippen molar-refractivity contribution >= 4 is 22.9 Å². The number of H-pyrrole nitrogens is 1. The highest BCUT2D eigenvalue weighted by molar-refractivity contribution is 5.96. The van der Waals surface area contributed by atoms with Gasteiger partial charge in [0, 0.05) is 16.5 Å². The van der Waals surface area contributed by atoms with E-state index >= 15 is 0 Å². The van der Waals surface area contributed by atoms with Gasteiger partial charge in [0.25, 0.3) is 0 Å². The fraction of sp³-hybridized carbons (Fsp3) is 0.111. The van der Waals surface area contributed by atoms with Crippen molar-refractivity contribution in [3.8, 4) is 11.3 Å². The Morgan fingerprint density at radius 3 is 2.65 bits per heavy atom. The van der Waals surface area contributed by atoms with Crippen LogP contribution in [-0.2, 0) is 4.79 Å². The third kappa shape index (κ3) is 2.99. The summed E-state index contributed by atoms with van der Waals surface area (Å²) in [4.78, 5) is 11.1. The Morgan fingerprint density at radius 1 is 1.26 bits per heavy atom. The van der Waals surface area contributed by atoms with Gasteiger partial charge in [-0.3, -0.25) is 5.10 Å². The second kappa shape index (κ2) is 6.04. The largest absolute Gasteiger partial charge is 0.478 e. The topological polar surface area (TPSA) is 66.0 Å². The maximum atomic E-state index is 13.1. The fourth-order valence-electron chi connectivity index (χ4n) is 2.47. The summed E-state index contributed by atoms with van der Waals surface area (Å²) in [6.07, 6.45) is 2.10. The highest BCUT2D eigenvalue weighted by atomic mass is 19.1. The molecule has 0 radical (unpaired) electrons. The first-order chi connectivity index (χ1) is 11.1. The lowest BCUT2D eigenvalue weighted by atomic mass is 10.0. The van der Waals surface area contributed by atoms with Gasteiger partial charge in [0.05, 0.1) is 11.2 Å². The average molecular weight is 310 g/mol. The van der Waals surface area contributed by atoms with Crippen LogP contribution in [0.25, 0.3) is 28.2 Å². The van der Waals surface area contributed by atoms with Gasteiger partial charge < -0.3 is 5.11 Å². The van der Waals surface area contributed by atoms with Crippen LogP contribution in [0.3, 0.4) is 0 Å². The first kappa shape index (κ1) is 15.0. The summed E-state index contributed by atoms with van der Waals surface area (Å²) in [5.41, 5.74) is 3.49. The molecule has 0 unspecified atom stereocenters. The molecule has 0 amide bonds. The Hall–Kier alpha value is -2.95. The molecule has 3 aromatic rings. The van der Waals surface area contributed by atoms with E-state index in [0.717, 1.165) is 22.0 Å². The summed E-state index contributed by atoms with van der Waals surface area (Å²) in [5.74, 6) is -1.22. The van der Waals surface area contributed by atoms with Crippen LogP contribution in [0.2, 0.25) is 0 Å². The number of carboxylic acid groups (broad SMARTS) is 1. The van der Waals surface area contributed by atoms with E-state index in [2.05, 4.69) is 10.2 Å². The molecule has 0 fully saturated rings. The van der Waals surface area contributed by atoms with Crippen LogP contribution < -0.4 is 0 Å². The number of rotatable bonds is 4. The normalized spacial score (nSPS) is 11.8. The molecule has 0 saturated carbocycles. The standard InChI is InChI=1S/C18H15FN2O2/c1-2-12(18(22)23)9-11-3-8-16-15(10-11)17(21-20-16)13-4-6-14(19)7-5-13/h3-10H,2H2,1H3,(H,20,21)(H,22,23). The Labute approximate surface area is 132 Å². The van der Waals surface area contributed by atoms with E-state index in [1.165, 1.54) is 12.1 Å². The van der Waals surface area contributed by atoms with E-state index in [0.29, 0.717) is 17.7 Å². The molecule has 23 heavy (non-hydrogen) atoms. The Kier molecular flexibility index (Phi) is 3.93. The molecule has 0 bridgehead atoms. The van der Waals surface area contributed by atoms with Crippen LogP contribution in [0.1, 0.15) is 18.9 Å². The predicted molar refractivity (Wildman–Crippen MR) is 87.4 cm³/mol. The number of hydrogen-bond donors (Lipinski definition) is 2. The monoisotopic (exact) mass is 310 g/mol. The Morgan fingerprint density at radius 2 is 2.00 bits per heavy atom. The van der Waals surface area contributed by atoms with Gasteiger partial charge in [0.2, 0.25) is 0 Å². The van der Waals surface area contributed by atoms with Crippen LogP contribution in [0.5, 0.6) is 0 Å². The van der Waals surface area contributed by atoms with Gasteiger partial charge >= 0.3 is 5.97 Å². The van der Waals surface area contributed by atoms with Gasteiger partial charge in [-0.25, -0.2) is 9.18 Å². The highest BCUT2D eigenvalue weighted by Crippen LogP contribution is 2.28. The van der Waals surface area contributed by atoms with Gasteiger partial charge in [0.1, 0.15) is 5.82 Å². The van der Waals surface area contributed by atoms with E-state index in [4.69, 9.17) is 5.11 Å². The summed E-state index contributed by atoms with van der Waals surface area (Å²) in [6.45, 7) is 1.81. The molecule has 1 aromatic heterocycles. The summed E-state index contributed by atoms with van der Waals surface area (Å²) in [6, 6.07) is 11.7. The smallest absolute Gasteiger partial charge is 0.331 e. The molecule has 0 spiro atoms. The number of nitrogens with one attached hydrogen (secondary N) is 1. The van der Waals surface area contributed by atoms with Crippen molar-refractivity contribution in [3.05, 3.63) is 59.4 Å². The molecule has 0 aliphatic rings. The van der Waals surface area contributed by atoms with Gasteiger partial charge in [-0.05, 0) is 54.5 Å². The zero-order chi connectivity index (χ0) is 16.4. The van der Waals surface area contributed by atoms with E-state index in [-0.39, 0.29) is 5.82 Å². The maximum Gasteiger partial charge on any atom is 0.331 e. The van der Waals surface area contributed by atoms with Gasteiger partial charge in [-0.1, -0.05) is 13.0 Å². The van der Waals surface area contributed by atoms with E-state index in [1.807, 2.05) is 18.2 Å². The summed E-state index contributed by atoms with van der Waals surface area (Å²) < 4.78 is 13.1. The first-order valence-electron chi connectivity index (χ1n) is 7.26. The van der Waals surface area contributed by atoms with E-state index < -0.39 is 5.97 Å². The molecule has 116 valence electrons. The van der Waals surface area contributed by atoms with Crippen molar-refractivity contribution in [3.63, 3.8) is 0 Å². The number of carboxylic acids is 1. The quantitative estimate of drug-likeness (QED) is 0.708. The summed E-state index contributed by atoms with van der Waals surface area (Å²) in [7, 11) is 0. The van der Waals surface area contributed by atoms with Gasteiger partial charge in [-0.2, -0.15) is 5.10 Å². The van der Waals surface area contributed by atoms with Crippen LogP contribution in [0.15, 0.2) is 48.0 Å². The van der Waals surface area contributed by atoms with Crippen LogP contribution in [0, 0.1) is 5.82 Å². The number of halogens is 1. The minimum Gasteiger partial charge on any atom is -0.478 e. The lowest BCUT2D eigenvalue weighted by molar-refractivity contribution is -0.132. The number of carbonyl (C=O) groups is 1. The number of aromatic nitrogens is 2.